The summed E-state index contributed by atoms with van der Waals surface area (Å²) in [5.41, 5.74) is 1.72. The van der Waals surface area contributed by atoms with E-state index in [1.54, 1.807) is 37.3 Å². The van der Waals surface area contributed by atoms with Gasteiger partial charge in [0.25, 0.3) is 5.95 Å². The third-order valence-corrected chi connectivity index (χ3v) is 4.56. The van der Waals surface area contributed by atoms with E-state index in [9.17, 15) is 17.6 Å². The lowest BCUT2D eigenvalue weighted by molar-refractivity contribution is -0.137. The average Bonchev–Trinajstić information content (AvgIpc) is 2.81. The highest BCUT2D eigenvalue weighted by molar-refractivity contribution is 5.59. The maximum Gasteiger partial charge on any atom is 0.416 e. The molecule has 0 unspecified atom stereocenters. The molecule has 4 rings (SSSR count). The molecule has 0 atom stereocenters. The highest BCUT2D eigenvalue weighted by atomic mass is 19.4. The summed E-state index contributed by atoms with van der Waals surface area (Å²) in [5, 5.41) is 10.8. The zero-order chi connectivity index (χ0) is 24.1. The molecule has 34 heavy (non-hydrogen) atoms. The van der Waals surface area contributed by atoms with Crippen LogP contribution in [0, 0.1) is 12.7 Å². The predicted octanol–water partition coefficient (Wildman–Crippen LogP) is 6.43. The van der Waals surface area contributed by atoms with Gasteiger partial charge in [0, 0.05) is 11.4 Å². The fourth-order valence-corrected chi connectivity index (χ4v) is 2.96. The number of rotatable bonds is 6. The van der Waals surface area contributed by atoms with Crippen LogP contribution in [0.15, 0.2) is 77.2 Å². The fourth-order valence-electron chi connectivity index (χ4n) is 2.96. The molecule has 0 aliphatic heterocycles. The van der Waals surface area contributed by atoms with Crippen LogP contribution < -0.4 is 5.32 Å². The number of nitrogens with one attached hydrogen (secondary N) is 1. The first-order valence-electron chi connectivity index (χ1n) is 10.0. The number of benzene rings is 1. The Morgan fingerprint density at radius 2 is 1.74 bits per heavy atom. The Balaban J connectivity index is 1.41. The number of nitrogens with zero attached hydrogens (tertiary/aromatic N) is 6. The van der Waals surface area contributed by atoms with E-state index >= 15 is 0 Å². The summed E-state index contributed by atoms with van der Waals surface area (Å²) in [6, 6.07) is 13.4. The van der Waals surface area contributed by atoms with E-state index in [0.717, 1.165) is 24.0 Å². The number of aryl methyl sites for hydroxylation is 1. The van der Waals surface area contributed by atoms with Gasteiger partial charge in [0.15, 0.2) is 5.82 Å². The largest absolute Gasteiger partial charge is 0.416 e. The molecule has 0 aliphatic rings. The van der Waals surface area contributed by atoms with Crippen LogP contribution in [0.5, 0.6) is 0 Å². The fraction of sp³-hybridized carbons (Fsp3) is 0.130. The lowest BCUT2D eigenvalue weighted by Crippen LogP contribution is -2.05. The minimum atomic E-state index is -4.42. The number of pyridine rings is 2. The number of hydrogen-bond donors (Lipinski definition) is 1. The molecular weight excluding hydrogens is 450 g/mol. The molecule has 0 amide bonds. The molecule has 172 valence electrons. The van der Waals surface area contributed by atoms with Crippen LogP contribution in [0.2, 0.25) is 0 Å². The van der Waals surface area contributed by atoms with Gasteiger partial charge in [-0.2, -0.15) is 18.3 Å². The van der Waals surface area contributed by atoms with Crippen LogP contribution >= 0.6 is 0 Å². The second-order valence-corrected chi connectivity index (χ2v) is 7.17. The summed E-state index contributed by atoms with van der Waals surface area (Å²) in [6.07, 6.45) is -1.94. The van der Waals surface area contributed by atoms with E-state index in [1.165, 1.54) is 18.3 Å². The molecule has 0 aliphatic carbocycles. The molecule has 3 aromatic heterocycles. The van der Waals surface area contributed by atoms with E-state index < -0.39 is 17.6 Å². The molecular formula is C23H17F4N7. The zero-order valence-electron chi connectivity index (χ0n) is 17.8. The summed E-state index contributed by atoms with van der Waals surface area (Å²) in [6.45, 7) is 1.89. The number of halogens is 4. The first kappa shape index (κ1) is 22.9. The Kier molecular flexibility index (Phi) is 6.53. The van der Waals surface area contributed by atoms with E-state index in [4.69, 9.17) is 0 Å². The molecule has 1 N–H and O–H groups in total. The lowest BCUT2D eigenvalue weighted by Gasteiger charge is -2.10. The summed E-state index contributed by atoms with van der Waals surface area (Å²) >= 11 is 0. The van der Waals surface area contributed by atoms with Gasteiger partial charge in [0.1, 0.15) is 12.2 Å². The molecule has 11 heteroatoms. The molecule has 0 saturated heterocycles. The normalized spacial score (nSPS) is 11.7. The van der Waals surface area contributed by atoms with Crippen molar-refractivity contribution in [2.24, 2.45) is 10.2 Å². The minimum Gasteiger partial charge on any atom is -0.354 e. The van der Waals surface area contributed by atoms with Crippen molar-refractivity contribution in [1.82, 2.24) is 19.9 Å². The Hall–Kier alpha value is -4.28. The topological polar surface area (TPSA) is 88.3 Å². The number of hydrogen-bond acceptors (Lipinski definition) is 7. The van der Waals surface area contributed by atoms with Crippen LogP contribution in [-0.2, 0) is 12.7 Å². The molecule has 1 aromatic carbocycles. The highest BCUT2D eigenvalue weighted by Crippen LogP contribution is 2.31. The van der Waals surface area contributed by atoms with Crippen LogP contribution in [0.1, 0.15) is 17.0 Å². The SMILES string of the molecule is Cc1cccc(-c2nc(N=NCc3ccc(Nc4cccc(C(F)(F)F)c4)cn3)ncc2F)n1. The standard InChI is InChI=1S/C23H17F4N7/c1-14-4-2-7-20(31-14)21-19(24)13-29-22(33-21)34-30-12-17-8-9-18(11-28-17)32-16-6-3-5-15(10-16)23(25,26)27/h2-11,13,32H,12H2,1H3. The quantitative estimate of drug-likeness (QED) is 0.261. The van der Waals surface area contributed by atoms with Crippen LogP contribution in [0.4, 0.5) is 34.9 Å². The zero-order valence-corrected chi connectivity index (χ0v) is 17.8. The van der Waals surface area contributed by atoms with Crippen molar-refractivity contribution < 1.29 is 17.6 Å². The van der Waals surface area contributed by atoms with Gasteiger partial charge >= 0.3 is 6.18 Å². The molecule has 0 saturated carbocycles. The second-order valence-electron chi connectivity index (χ2n) is 7.17. The van der Waals surface area contributed by atoms with Gasteiger partial charge in [-0.3, -0.25) is 9.97 Å². The summed E-state index contributed by atoms with van der Waals surface area (Å²) < 4.78 is 52.7. The van der Waals surface area contributed by atoms with Crippen molar-refractivity contribution in [3.8, 4) is 11.4 Å². The summed E-state index contributed by atoms with van der Waals surface area (Å²) in [7, 11) is 0. The van der Waals surface area contributed by atoms with Gasteiger partial charge in [-0.05, 0) is 49.4 Å². The van der Waals surface area contributed by atoms with Gasteiger partial charge < -0.3 is 5.32 Å². The summed E-state index contributed by atoms with van der Waals surface area (Å²) in [5.74, 6) is -0.648. The van der Waals surface area contributed by atoms with Crippen molar-refractivity contribution in [2.45, 2.75) is 19.6 Å². The van der Waals surface area contributed by atoms with E-state index in [-0.39, 0.29) is 23.9 Å². The summed E-state index contributed by atoms with van der Waals surface area (Å²) in [4.78, 5) is 16.4. The van der Waals surface area contributed by atoms with Crippen LogP contribution in [-0.4, -0.2) is 19.9 Å². The molecule has 0 bridgehead atoms. The smallest absolute Gasteiger partial charge is 0.354 e. The molecule has 0 radical (unpaired) electrons. The van der Waals surface area contributed by atoms with Crippen molar-refractivity contribution >= 4 is 17.3 Å². The Morgan fingerprint density at radius 3 is 2.47 bits per heavy atom. The van der Waals surface area contributed by atoms with Crippen molar-refractivity contribution in [3.05, 3.63) is 89.8 Å². The third kappa shape index (κ3) is 5.74. The number of anilines is 2. The van der Waals surface area contributed by atoms with Crippen molar-refractivity contribution in [2.75, 3.05) is 5.32 Å². The Bertz CT molecular complexity index is 1320. The Morgan fingerprint density at radius 1 is 0.912 bits per heavy atom. The molecule has 7 nitrogen and oxygen atoms in total. The van der Waals surface area contributed by atoms with Crippen molar-refractivity contribution in [3.63, 3.8) is 0 Å². The monoisotopic (exact) mass is 467 g/mol. The third-order valence-electron chi connectivity index (χ3n) is 4.56. The highest BCUT2D eigenvalue weighted by Gasteiger charge is 2.30. The first-order chi connectivity index (χ1) is 16.3. The Labute approximate surface area is 191 Å². The lowest BCUT2D eigenvalue weighted by atomic mass is 10.2. The van der Waals surface area contributed by atoms with Gasteiger partial charge in [0.2, 0.25) is 0 Å². The van der Waals surface area contributed by atoms with Crippen LogP contribution in [0.25, 0.3) is 11.4 Å². The number of azo groups is 1. The van der Waals surface area contributed by atoms with Gasteiger partial charge in [-0.25, -0.2) is 14.4 Å². The molecule has 0 fully saturated rings. The predicted molar refractivity (Wildman–Crippen MR) is 117 cm³/mol. The molecule has 3 heterocycles. The van der Waals surface area contributed by atoms with Crippen LogP contribution in [0.3, 0.4) is 0 Å². The first-order valence-corrected chi connectivity index (χ1v) is 10.0. The average molecular weight is 467 g/mol. The maximum absolute atomic E-state index is 14.1. The molecule has 4 aromatic rings. The van der Waals surface area contributed by atoms with E-state index in [2.05, 4.69) is 35.5 Å². The van der Waals surface area contributed by atoms with E-state index in [0.29, 0.717) is 17.1 Å². The van der Waals surface area contributed by atoms with Gasteiger partial charge in [-0.15, -0.1) is 5.11 Å². The maximum atomic E-state index is 14.1. The number of aromatic nitrogens is 4. The van der Waals surface area contributed by atoms with E-state index in [1.807, 2.05) is 0 Å². The molecule has 0 spiro atoms. The van der Waals surface area contributed by atoms with Gasteiger partial charge in [-0.1, -0.05) is 12.1 Å². The van der Waals surface area contributed by atoms with Crippen molar-refractivity contribution in [1.29, 1.82) is 0 Å². The van der Waals surface area contributed by atoms with Gasteiger partial charge in [0.05, 0.1) is 35.0 Å². The number of alkyl halides is 3. The second kappa shape index (κ2) is 9.69. The minimum absolute atomic E-state index is 0.0239.